The van der Waals surface area contributed by atoms with Crippen molar-refractivity contribution in [2.45, 2.75) is 39.1 Å². The minimum atomic E-state index is 0.263. The van der Waals surface area contributed by atoms with E-state index in [0.717, 1.165) is 42.2 Å². The molecular formula is C18H24N6O. The van der Waals surface area contributed by atoms with Crippen LogP contribution in [0, 0.1) is 0 Å². The molecule has 132 valence electrons. The lowest BCUT2D eigenvalue weighted by atomic mass is 10.2. The van der Waals surface area contributed by atoms with Crippen molar-refractivity contribution in [3.05, 3.63) is 42.0 Å². The van der Waals surface area contributed by atoms with Gasteiger partial charge in [-0.2, -0.15) is 0 Å². The van der Waals surface area contributed by atoms with E-state index in [0.29, 0.717) is 6.54 Å². The third kappa shape index (κ3) is 3.43. The van der Waals surface area contributed by atoms with E-state index < -0.39 is 0 Å². The Hall–Kier alpha value is -2.25. The molecule has 0 radical (unpaired) electrons. The number of hydrogen-bond donors (Lipinski definition) is 0. The molecule has 25 heavy (non-hydrogen) atoms. The molecule has 0 unspecified atom stereocenters. The predicted molar refractivity (Wildman–Crippen MR) is 95.1 cm³/mol. The zero-order chi connectivity index (χ0) is 17.4. The van der Waals surface area contributed by atoms with E-state index in [4.69, 9.17) is 9.72 Å². The van der Waals surface area contributed by atoms with Gasteiger partial charge in [0.2, 0.25) is 0 Å². The molecule has 7 heteroatoms. The van der Waals surface area contributed by atoms with Gasteiger partial charge in [0.15, 0.2) is 0 Å². The third-order valence-electron chi connectivity index (χ3n) is 4.65. The number of rotatable bonds is 4. The van der Waals surface area contributed by atoms with Crippen LogP contribution in [0.2, 0.25) is 0 Å². The van der Waals surface area contributed by atoms with Crippen molar-refractivity contribution in [3.63, 3.8) is 0 Å². The highest BCUT2D eigenvalue weighted by Gasteiger charge is 2.22. The lowest BCUT2D eigenvalue weighted by Gasteiger charge is -2.34. The molecule has 1 fully saturated rings. The largest absolute Gasteiger partial charge is 0.373 e. The number of fused-ring (bicyclic) bond motifs is 1. The molecule has 0 N–H and O–H groups in total. The lowest BCUT2D eigenvalue weighted by Crippen LogP contribution is -2.44. The first-order chi connectivity index (χ1) is 12.1. The van der Waals surface area contributed by atoms with Gasteiger partial charge in [0.25, 0.3) is 0 Å². The van der Waals surface area contributed by atoms with E-state index >= 15 is 0 Å². The first-order valence-electron chi connectivity index (χ1n) is 8.75. The van der Waals surface area contributed by atoms with E-state index in [2.05, 4.69) is 39.7 Å². The molecule has 1 saturated heterocycles. The topological polar surface area (TPSA) is 61.0 Å². The predicted octanol–water partition coefficient (Wildman–Crippen LogP) is 1.82. The number of hydrogen-bond acceptors (Lipinski definition) is 5. The highest BCUT2D eigenvalue weighted by Crippen LogP contribution is 2.16. The molecule has 0 bridgehead atoms. The Morgan fingerprint density at radius 2 is 1.88 bits per heavy atom. The number of morpholine rings is 1. The summed E-state index contributed by atoms with van der Waals surface area (Å²) in [6.45, 7) is 7.52. The molecule has 1 aliphatic rings. The minimum Gasteiger partial charge on any atom is -0.373 e. The second kappa shape index (κ2) is 6.57. The summed E-state index contributed by atoms with van der Waals surface area (Å²) in [5.74, 6) is 0.978. The van der Waals surface area contributed by atoms with Crippen LogP contribution in [-0.4, -0.2) is 54.7 Å². The van der Waals surface area contributed by atoms with Gasteiger partial charge in [0, 0.05) is 26.7 Å². The number of aryl methyl sites for hydroxylation is 1. The summed E-state index contributed by atoms with van der Waals surface area (Å²) in [6, 6.07) is 8.16. The van der Waals surface area contributed by atoms with Gasteiger partial charge in [-0.1, -0.05) is 17.3 Å². The van der Waals surface area contributed by atoms with Crippen molar-refractivity contribution in [2.24, 2.45) is 7.05 Å². The van der Waals surface area contributed by atoms with Gasteiger partial charge in [-0.25, -0.2) is 9.67 Å². The standard InChI is InChI=1S/C18H24N6O/c1-13-8-23(9-14(2)25-13)10-15-11-24(21-20-15)12-18-19-16-6-4-5-7-17(16)22(18)3/h4-7,11,13-14H,8-10,12H2,1-3H3/t13-,14+. The van der Waals surface area contributed by atoms with Crippen LogP contribution in [0.15, 0.2) is 30.5 Å². The summed E-state index contributed by atoms with van der Waals surface area (Å²) in [6.07, 6.45) is 2.54. The zero-order valence-corrected chi connectivity index (χ0v) is 15.0. The van der Waals surface area contributed by atoms with Crippen LogP contribution in [0.4, 0.5) is 0 Å². The summed E-state index contributed by atoms with van der Waals surface area (Å²) in [7, 11) is 2.04. The smallest absolute Gasteiger partial charge is 0.131 e. The van der Waals surface area contributed by atoms with Crippen molar-refractivity contribution in [1.82, 2.24) is 29.4 Å². The fourth-order valence-corrected chi connectivity index (χ4v) is 3.61. The molecule has 0 aliphatic carbocycles. The number of aromatic nitrogens is 5. The molecule has 1 aromatic carbocycles. The number of benzene rings is 1. The van der Waals surface area contributed by atoms with E-state index in [1.54, 1.807) is 0 Å². The summed E-state index contributed by atoms with van der Waals surface area (Å²) in [5, 5.41) is 8.62. The van der Waals surface area contributed by atoms with Crippen molar-refractivity contribution < 1.29 is 4.74 Å². The van der Waals surface area contributed by atoms with E-state index in [1.165, 1.54) is 0 Å². The van der Waals surface area contributed by atoms with Gasteiger partial charge >= 0.3 is 0 Å². The maximum Gasteiger partial charge on any atom is 0.131 e. The van der Waals surface area contributed by atoms with Gasteiger partial charge in [0.05, 0.1) is 35.1 Å². The van der Waals surface area contributed by atoms with Crippen molar-refractivity contribution in [1.29, 1.82) is 0 Å². The number of ether oxygens (including phenoxy) is 1. The normalized spacial score (nSPS) is 21.9. The average Bonchev–Trinajstić information content (AvgIpc) is 3.12. The van der Waals surface area contributed by atoms with Crippen LogP contribution in [0.3, 0.4) is 0 Å². The van der Waals surface area contributed by atoms with Crippen LogP contribution in [-0.2, 0) is 24.9 Å². The minimum absolute atomic E-state index is 0.263. The van der Waals surface area contributed by atoms with E-state index in [-0.39, 0.29) is 12.2 Å². The van der Waals surface area contributed by atoms with Crippen LogP contribution < -0.4 is 0 Å². The Labute approximate surface area is 147 Å². The number of nitrogens with zero attached hydrogens (tertiary/aromatic N) is 6. The SMILES string of the molecule is C[C@@H]1CN(Cc2cn(Cc3nc4ccccc4n3C)nn2)C[C@H](C)O1. The molecule has 3 aromatic rings. The van der Waals surface area contributed by atoms with Crippen LogP contribution in [0.25, 0.3) is 11.0 Å². The van der Waals surface area contributed by atoms with Crippen LogP contribution in [0.5, 0.6) is 0 Å². The fraction of sp³-hybridized carbons (Fsp3) is 0.500. The first-order valence-corrected chi connectivity index (χ1v) is 8.75. The van der Waals surface area contributed by atoms with E-state index in [1.807, 2.05) is 36.1 Å². The Balaban J connectivity index is 1.46. The van der Waals surface area contributed by atoms with Crippen molar-refractivity contribution >= 4 is 11.0 Å². The molecule has 0 spiro atoms. The summed E-state index contributed by atoms with van der Waals surface area (Å²) >= 11 is 0. The molecular weight excluding hydrogens is 316 g/mol. The van der Waals surface area contributed by atoms with Gasteiger partial charge in [-0.05, 0) is 26.0 Å². The molecule has 1 aliphatic heterocycles. The maximum atomic E-state index is 5.79. The van der Waals surface area contributed by atoms with Crippen LogP contribution >= 0.6 is 0 Å². The second-order valence-electron chi connectivity index (χ2n) is 6.93. The van der Waals surface area contributed by atoms with Crippen molar-refractivity contribution in [3.8, 4) is 0 Å². The lowest BCUT2D eigenvalue weighted by molar-refractivity contribution is -0.0707. The first kappa shape index (κ1) is 16.2. The number of para-hydroxylation sites is 2. The molecule has 0 amide bonds. The Kier molecular flexibility index (Phi) is 4.27. The molecule has 2 aromatic heterocycles. The van der Waals surface area contributed by atoms with Gasteiger partial charge in [-0.15, -0.1) is 5.10 Å². The second-order valence-corrected chi connectivity index (χ2v) is 6.93. The molecule has 4 rings (SSSR count). The molecule has 7 nitrogen and oxygen atoms in total. The summed E-state index contributed by atoms with van der Waals surface area (Å²) < 4.78 is 9.76. The molecule has 2 atom stereocenters. The zero-order valence-electron chi connectivity index (χ0n) is 15.0. The average molecular weight is 340 g/mol. The van der Waals surface area contributed by atoms with Gasteiger partial charge < -0.3 is 9.30 Å². The quantitative estimate of drug-likeness (QED) is 0.725. The monoisotopic (exact) mass is 340 g/mol. The Morgan fingerprint density at radius 1 is 1.12 bits per heavy atom. The fourth-order valence-electron chi connectivity index (χ4n) is 3.61. The summed E-state index contributed by atoms with van der Waals surface area (Å²) in [4.78, 5) is 7.08. The molecule has 3 heterocycles. The highest BCUT2D eigenvalue weighted by atomic mass is 16.5. The van der Waals surface area contributed by atoms with Gasteiger partial charge in [-0.3, -0.25) is 4.90 Å². The van der Waals surface area contributed by atoms with E-state index in [9.17, 15) is 0 Å². The third-order valence-corrected chi connectivity index (χ3v) is 4.65. The Bertz CT molecular complexity index is 859. The Morgan fingerprint density at radius 3 is 2.64 bits per heavy atom. The summed E-state index contributed by atoms with van der Waals surface area (Å²) in [5.41, 5.74) is 3.13. The van der Waals surface area contributed by atoms with Crippen molar-refractivity contribution in [2.75, 3.05) is 13.1 Å². The van der Waals surface area contributed by atoms with Crippen LogP contribution in [0.1, 0.15) is 25.4 Å². The molecule has 0 saturated carbocycles. The van der Waals surface area contributed by atoms with Gasteiger partial charge in [0.1, 0.15) is 12.4 Å². The maximum absolute atomic E-state index is 5.79. The number of imidazole rings is 1. The highest BCUT2D eigenvalue weighted by molar-refractivity contribution is 5.75.